The van der Waals surface area contributed by atoms with Crippen molar-refractivity contribution in [2.24, 2.45) is 0 Å². The van der Waals surface area contributed by atoms with Gasteiger partial charge in [-0.15, -0.1) is 0 Å². The summed E-state index contributed by atoms with van der Waals surface area (Å²) < 4.78 is 12.3. The fourth-order valence-corrected chi connectivity index (χ4v) is 2.01. The Morgan fingerprint density at radius 3 is 1.55 bits per heavy atom. The van der Waals surface area contributed by atoms with E-state index in [-0.39, 0.29) is 5.82 Å². The molecule has 20 heavy (non-hydrogen) atoms. The highest BCUT2D eigenvalue weighted by atomic mass is 35.5. The first-order valence-corrected chi connectivity index (χ1v) is 7.52. The van der Waals surface area contributed by atoms with Crippen LogP contribution in [0.25, 0.3) is 0 Å². The van der Waals surface area contributed by atoms with Gasteiger partial charge in [0.15, 0.2) is 0 Å². The van der Waals surface area contributed by atoms with Crippen molar-refractivity contribution in [1.29, 1.82) is 0 Å². The third-order valence-corrected chi connectivity index (χ3v) is 3.16. The average molecular weight is 293 g/mol. The van der Waals surface area contributed by atoms with E-state index in [1.807, 2.05) is 24.3 Å². The van der Waals surface area contributed by atoms with E-state index < -0.39 is 0 Å². The quantitative estimate of drug-likeness (QED) is 0.641. The molecule has 0 atom stereocenters. The number of halogens is 2. The Hall–Kier alpha value is -1.34. The lowest BCUT2D eigenvalue weighted by Gasteiger charge is -1.96. The van der Waals surface area contributed by atoms with E-state index in [0.717, 1.165) is 24.3 Å². The van der Waals surface area contributed by atoms with Gasteiger partial charge in [0.2, 0.25) is 0 Å². The van der Waals surface area contributed by atoms with Gasteiger partial charge >= 0.3 is 0 Å². The third kappa shape index (κ3) is 6.72. The maximum absolute atomic E-state index is 12.3. The van der Waals surface area contributed by atoms with Crippen LogP contribution in [0.1, 0.15) is 37.8 Å². The van der Waals surface area contributed by atoms with E-state index in [1.54, 1.807) is 0 Å². The normalized spacial score (nSPS) is 9.80. The Balaban J connectivity index is 0.000000200. The molecule has 0 spiro atoms. The molecule has 0 nitrogen and oxygen atoms in total. The van der Waals surface area contributed by atoms with Crippen LogP contribution in [0.5, 0.6) is 0 Å². The van der Waals surface area contributed by atoms with Crippen LogP contribution in [-0.4, -0.2) is 0 Å². The van der Waals surface area contributed by atoms with Crippen LogP contribution in [0.3, 0.4) is 0 Å². The zero-order chi connectivity index (χ0) is 14.8. The minimum absolute atomic E-state index is 0.153. The minimum Gasteiger partial charge on any atom is -0.207 e. The van der Waals surface area contributed by atoms with Gasteiger partial charge in [-0.05, 0) is 48.2 Å². The summed E-state index contributed by atoms with van der Waals surface area (Å²) in [6, 6.07) is 14.7. The number of hydrogen-bond acceptors (Lipinski definition) is 0. The molecule has 0 bridgehead atoms. The zero-order valence-corrected chi connectivity index (χ0v) is 13.0. The largest absolute Gasteiger partial charge is 0.207 e. The van der Waals surface area contributed by atoms with Gasteiger partial charge < -0.3 is 0 Å². The first kappa shape index (κ1) is 16.7. The maximum atomic E-state index is 12.3. The molecule has 2 aromatic carbocycles. The van der Waals surface area contributed by atoms with Crippen LogP contribution in [0.2, 0.25) is 5.02 Å². The summed E-state index contributed by atoms with van der Waals surface area (Å²) in [5, 5.41) is 0.819. The molecule has 2 aromatic rings. The maximum Gasteiger partial charge on any atom is 0.123 e. The molecule has 0 saturated heterocycles. The second-order valence-electron chi connectivity index (χ2n) is 4.75. The van der Waals surface area contributed by atoms with E-state index in [9.17, 15) is 4.39 Å². The van der Waals surface area contributed by atoms with Crippen molar-refractivity contribution in [2.45, 2.75) is 39.5 Å². The number of benzene rings is 2. The Morgan fingerprint density at radius 1 is 0.750 bits per heavy atom. The van der Waals surface area contributed by atoms with Crippen molar-refractivity contribution in [2.75, 3.05) is 0 Å². The molecule has 0 unspecified atom stereocenters. The molecule has 0 aliphatic rings. The fourth-order valence-electron chi connectivity index (χ4n) is 1.88. The van der Waals surface area contributed by atoms with Crippen molar-refractivity contribution in [3.63, 3.8) is 0 Å². The first-order valence-electron chi connectivity index (χ1n) is 7.14. The minimum atomic E-state index is -0.153. The molecule has 0 aliphatic heterocycles. The van der Waals surface area contributed by atoms with Crippen LogP contribution in [0.15, 0.2) is 48.5 Å². The SMILES string of the molecule is CCCc1ccc(Cl)cc1.CCCc1ccc(F)cc1. The van der Waals surface area contributed by atoms with Crippen molar-refractivity contribution < 1.29 is 4.39 Å². The molecule has 0 aromatic heterocycles. The van der Waals surface area contributed by atoms with Crippen molar-refractivity contribution in [3.8, 4) is 0 Å². The molecule has 108 valence electrons. The van der Waals surface area contributed by atoms with E-state index >= 15 is 0 Å². The molecule has 0 N–H and O–H groups in total. The third-order valence-electron chi connectivity index (χ3n) is 2.90. The number of hydrogen-bond donors (Lipinski definition) is 0. The predicted molar refractivity (Wildman–Crippen MR) is 85.8 cm³/mol. The lowest BCUT2D eigenvalue weighted by Crippen LogP contribution is -1.81. The summed E-state index contributed by atoms with van der Waals surface area (Å²) in [6.45, 7) is 4.29. The standard InChI is InChI=1S/C9H11Cl.C9H11F/c2*1-2-3-8-4-6-9(10)7-5-8/h2*4-7H,2-3H2,1H3. The molecule has 0 saturated carbocycles. The number of rotatable bonds is 4. The highest BCUT2D eigenvalue weighted by Crippen LogP contribution is 2.10. The Labute approximate surface area is 126 Å². The van der Waals surface area contributed by atoms with E-state index in [2.05, 4.69) is 26.0 Å². The van der Waals surface area contributed by atoms with Crippen LogP contribution in [-0.2, 0) is 12.8 Å². The molecule has 0 amide bonds. The topological polar surface area (TPSA) is 0 Å². The monoisotopic (exact) mass is 292 g/mol. The van der Waals surface area contributed by atoms with Gasteiger partial charge in [-0.1, -0.05) is 62.6 Å². The Bertz CT molecular complexity index is 426. The van der Waals surface area contributed by atoms with Crippen LogP contribution < -0.4 is 0 Å². The van der Waals surface area contributed by atoms with Crippen LogP contribution in [0, 0.1) is 5.82 Å². The van der Waals surface area contributed by atoms with Gasteiger partial charge in [-0.2, -0.15) is 0 Å². The van der Waals surface area contributed by atoms with Crippen molar-refractivity contribution >= 4 is 11.6 Å². The lowest BCUT2D eigenvalue weighted by molar-refractivity contribution is 0.627. The van der Waals surface area contributed by atoms with Gasteiger partial charge in [-0.25, -0.2) is 4.39 Å². The van der Waals surface area contributed by atoms with E-state index in [1.165, 1.54) is 29.7 Å². The second-order valence-corrected chi connectivity index (χ2v) is 5.19. The highest BCUT2D eigenvalue weighted by molar-refractivity contribution is 6.30. The molecule has 0 aliphatic carbocycles. The van der Waals surface area contributed by atoms with Gasteiger partial charge in [0.1, 0.15) is 5.82 Å². The fraction of sp³-hybridized carbons (Fsp3) is 0.333. The molecule has 0 fully saturated rings. The predicted octanol–water partition coefficient (Wildman–Crippen LogP) is 6.07. The van der Waals surface area contributed by atoms with Gasteiger partial charge in [0.05, 0.1) is 0 Å². The van der Waals surface area contributed by atoms with Crippen molar-refractivity contribution in [3.05, 3.63) is 70.5 Å². The summed E-state index contributed by atoms with van der Waals surface area (Å²) in [5.41, 5.74) is 2.58. The molecular formula is C18H22ClF. The average Bonchev–Trinajstić information content (AvgIpc) is 2.45. The molecule has 2 rings (SSSR count). The molecular weight excluding hydrogens is 271 g/mol. The summed E-state index contributed by atoms with van der Waals surface area (Å²) in [4.78, 5) is 0. The Morgan fingerprint density at radius 2 is 1.15 bits per heavy atom. The second kappa shape index (κ2) is 9.55. The molecule has 0 radical (unpaired) electrons. The van der Waals surface area contributed by atoms with Crippen LogP contribution >= 0.6 is 11.6 Å². The summed E-state index contributed by atoms with van der Waals surface area (Å²) >= 11 is 5.71. The van der Waals surface area contributed by atoms with Gasteiger partial charge in [-0.3, -0.25) is 0 Å². The summed E-state index contributed by atoms with van der Waals surface area (Å²) in [7, 11) is 0. The lowest BCUT2D eigenvalue weighted by atomic mass is 10.1. The van der Waals surface area contributed by atoms with Crippen molar-refractivity contribution in [1.82, 2.24) is 0 Å². The zero-order valence-electron chi connectivity index (χ0n) is 12.2. The Kier molecular flexibility index (Phi) is 7.98. The summed E-state index contributed by atoms with van der Waals surface area (Å²) in [5.74, 6) is -0.153. The van der Waals surface area contributed by atoms with E-state index in [0.29, 0.717) is 0 Å². The van der Waals surface area contributed by atoms with E-state index in [4.69, 9.17) is 11.6 Å². The van der Waals surface area contributed by atoms with Gasteiger partial charge in [0.25, 0.3) is 0 Å². The molecule has 2 heteroatoms. The molecule has 0 heterocycles. The first-order chi connectivity index (χ1) is 9.65. The van der Waals surface area contributed by atoms with Gasteiger partial charge in [0, 0.05) is 5.02 Å². The smallest absolute Gasteiger partial charge is 0.123 e. The summed E-state index contributed by atoms with van der Waals surface area (Å²) in [6.07, 6.45) is 4.50. The highest BCUT2D eigenvalue weighted by Gasteiger charge is 1.90. The van der Waals surface area contributed by atoms with Crippen LogP contribution in [0.4, 0.5) is 4.39 Å². The number of aryl methyl sites for hydroxylation is 2.